The molecule has 5 nitrogen and oxygen atoms in total. The molecule has 0 fully saturated rings. The maximum atomic E-state index is 4.17. The van der Waals surface area contributed by atoms with Gasteiger partial charge in [0.25, 0.3) is 0 Å². The van der Waals surface area contributed by atoms with Crippen molar-refractivity contribution in [2.75, 3.05) is 11.9 Å². The van der Waals surface area contributed by atoms with Gasteiger partial charge < -0.3 is 9.88 Å². The average Bonchev–Trinajstić information content (AvgIpc) is 2.77. The zero-order chi connectivity index (χ0) is 10.7. The summed E-state index contributed by atoms with van der Waals surface area (Å²) >= 11 is 0. The summed E-state index contributed by atoms with van der Waals surface area (Å²) < 4.78 is 3.90. The minimum atomic E-state index is 0.878. The predicted molar refractivity (Wildman–Crippen MR) is 58.7 cm³/mol. The second-order valence-electron chi connectivity index (χ2n) is 3.50. The molecule has 80 valence electrons. The fourth-order valence-electron chi connectivity index (χ4n) is 1.47. The molecule has 0 aliphatic heterocycles. The summed E-state index contributed by atoms with van der Waals surface area (Å²) in [5.41, 5.74) is 1.05. The second kappa shape index (κ2) is 4.16. The highest BCUT2D eigenvalue weighted by Gasteiger charge is 1.97. The number of hydrogen-bond acceptors (Lipinski definition) is 3. The monoisotopic (exact) mass is 205 g/mol. The van der Waals surface area contributed by atoms with Crippen LogP contribution in [0.5, 0.6) is 0 Å². The normalized spacial score (nSPS) is 10.5. The average molecular weight is 205 g/mol. The summed E-state index contributed by atoms with van der Waals surface area (Å²) in [5, 5.41) is 7.38. The van der Waals surface area contributed by atoms with E-state index in [1.54, 1.807) is 4.68 Å². The lowest BCUT2D eigenvalue weighted by Crippen LogP contribution is -2.10. The van der Waals surface area contributed by atoms with E-state index < -0.39 is 0 Å². The van der Waals surface area contributed by atoms with E-state index in [0.717, 1.165) is 24.6 Å². The predicted octanol–water partition coefficient (Wildman–Crippen LogP) is 1.04. The molecule has 0 atom stereocenters. The van der Waals surface area contributed by atoms with Crippen LogP contribution in [0.3, 0.4) is 0 Å². The molecular formula is C10H15N5. The van der Waals surface area contributed by atoms with Gasteiger partial charge in [-0.3, -0.25) is 4.68 Å². The minimum Gasteiger partial charge on any atom is -0.381 e. The fourth-order valence-corrected chi connectivity index (χ4v) is 1.47. The van der Waals surface area contributed by atoms with Crippen LogP contribution >= 0.6 is 0 Å². The van der Waals surface area contributed by atoms with Gasteiger partial charge in [-0.15, -0.1) is 0 Å². The van der Waals surface area contributed by atoms with E-state index in [0.29, 0.717) is 0 Å². The van der Waals surface area contributed by atoms with Gasteiger partial charge in [0.1, 0.15) is 5.82 Å². The number of imidazole rings is 1. The van der Waals surface area contributed by atoms with E-state index in [2.05, 4.69) is 20.0 Å². The number of rotatable bonds is 4. The Hall–Kier alpha value is -1.78. The maximum Gasteiger partial charge on any atom is 0.105 e. The molecule has 0 spiro atoms. The van der Waals surface area contributed by atoms with Crippen molar-refractivity contribution >= 4 is 5.69 Å². The second-order valence-corrected chi connectivity index (χ2v) is 3.50. The lowest BCUT2D eigenvalue weighted by atomic mass is 10.5. The molecule has 0 saturated carbocycles. The van der Waals surface area contributed by atoms with Crippen LogP contribution < -0.4 is 5.32 Å². The standard InChI is InChI=1S/C10H15N5/c1-9-11-3-5-15(9)6-4-12-10-7-13-14(2)8-10/h3,5,7-8,12H,4,6H2,1-2H3. The minimum absolute atomic E-state index is 0.878. The Morgan fingerprint density at radius 3 is 2.93 bits per heavy atom. The van der Waals surface area contributed by atoms with Gasteiger partial charge in [-0.05, 0) is 6.92 Å². The summed E-state index contributed by atoms with van der Waals surface area (Å²) in [7, 11) is 1.91. The first-order valence-corrected chi connectivity index (χ1v) is 4.96. The smallest absolute Gasteiger partial charge is 0.105 e. The summed E-state index contributed by atoms with van der Waals surface area (Å²) in [6.07, 6.45) is 7.58. The van der Waals surface area contributed by atoms with Crippen LogP contribution in [0.25, 0.3) is 0 Å². The number of aryl methyl sites for hydroxylation is 2. The molecule has 2 rings (SSSR count). The van der Waals surface area contributed by atoms with Gasteiger partial charge in [0, 0.05) is 38.7 Å². The van der Waals surface area contributed by atoms with Crippen molar-refractivity contribution in [2.45, 2.75) is 13.5 Å². The number of anilines is 1. The molecule has 15 heavy (non-hydrogen) atoms. The van der Waals surface area contributed by atoms with Gasteiger partial charge >= 0.3 is 0 Å². The molecule has 1 N–H and O–H groups in total. The first-order valence-electron chi connectivity index (χ1n) is 4.96. The van der Waals surface area contributed by atoms with E-state index in [4.69, 9.17) is 0 Å². The Labute approximate surface area is 88.7 Å². The number of hydrogen-bond donors (Lipinski definition) is 1. The van der Waals surface area contributed by atoms with Crippen LogP contribution in [0, 0.1) is 6.92 Å². The van der Waals surface area contributed by atoms with Gasteiger partial charge in [-0.2, -0.15) is 5.10 Å². The van der Waals surface area contributed by atoms with Crippen LogP contribution in [0.1, 0.15) is 5.82 Å². The zero-order valence-electron chi connectivity index (χ0n) is 9.01. The third-order valence-electron chi connectivity index (χ3n) is 2.31. The fraction of sp³-hybridized carbons (Fsp3) is 0.400. The molecule has 0 aromatic carbocycles. The van der Waals surface area contributed by atoms with Crippen LogP contribution in [-0.2, 0) is 13.6 Å². The van der Waals surface area contributed by atoms with Gasteiger partial charge in [-0.25, -0.2) is 4.98 Å². The van der Waals surface area contributed by atoms with Gasteiger partial charge in [-0.1, -0.05) is 0 Å². The molecule has 0 unspecified atom stereocenters. The molecule has 5 heteroatoms. The first-order chi connectivity index (χ1) is 7.25. The topological polar surface area (TPSA) is 47.7 Å². The number of nitrogens with zero attached hydrogens (tertiary/aromatic N) is 4. The molecule has 2 heterocycles. The lowest BCUT2D eigenvalue weighted by Gasteiger charge is -2.05. The summed E-state index contributed by atoms with van der Waals surface area (Å²) in [4.78, 5) is 4.17. The van der Waals surface area contributed by atoms with E-state index >= 15 is 0 Å². The highest BCUT2D eigenvalue weighted by molar-refractivity contribution is 5.37. The summed E-state index contributed by atoms with van der Waals surface area (Å²) in [6, 6.07) is 0. The molecule has 2 aromatic rings. The van der Waals surface area contributed by atoms with Gasteiger partial charge in [0.2, 0.25) is 0 Å². The van der Waals surface area contributed by atoms with Crippen molar-refractivity contribution in [3.63, 3.8) is 0 Å². The van der Waals surface area contributed by atoms with Crippen LogP contribution in [0.4, 0.5) is 5.69 Å². The van der Waals surface area contributed by atoms with E-state index in [1.807, 2.05) is 38.8 Å². The Morgan fingerprint density at radius 2 is 2.33 bits per heavy atom. The van der Waals surface area contributed by atoms with E-state index in [-0.39, 0.29) is 0 Å². The quantitative estimate of drug-likeness (QED) is 0.811. The van der Waals surface area contributed by atoms with Gasteiger partial charge in [0.05, 0.1) is 11.9 Å². The Morgan fingerprint density at radius 1 is 1.47 bits per heavy atom. The SMILES string of the molecule is Cc1nccn1CCNc1cnn(C)c1. The van der Waals surface area contributed by atoms with Crippen molar-refractivity contribution in [3.05, 3.63) is 30.6 Å². The molecule has 0 amide bonds. The summed E-state index contributed by atoms with van der Waals surface area (Å²) in [5.74, 6) is 1.04. The lowest BCUT2D eigenvalue weighted by molar-refractivity contribution is 0.701. The van der Waals surface area contributed by atoms with Gasteiger partial charge in [0.15, 0.2) is 0 Å². The molecule has 2 aromatic heterocycles. The van der Waals surface area contributed by atoms with Crippen molar-refractivity contribution in [3.8, 4) is 0 Å². The van der Waals surface area contributed by atoms with Crippen molar-refractivity contribution in [2.24, 2.45) is 7.05 Å². The van der Waals surface area contributed by atoms with E-state index in [9.17, 15) is 0 Å². The Bertz CT molecular complexity index is 428. The largest absolute Gasteiger partial charge is 0.381 e. The summed E-state index contributed by atoms with van der Waals surface area (Å²) in [6.45, 7) is 3.80. The van der Waals surface area contributed by atoms with Crippen molar-refractivity contribution < 1.29 is 0 Å². The van der Waals surface area contributed by atoms with Crippen LogP contribution in [-0.4, -0.2) is 25.9 Å². The molecule has 0 bridgehead atoms. The van der Waals surface area contributed by atoms with E-state index in [1.165, 1.54) is 0 Å². The first kappa shape index (κ1) is 9.76. The molecule has 0 aliphatic rings. The highest BCUT2D eigenvalue weighted by Crippen LogP contribution is 2.03. The number of aromatic nitrogens is 4. The highest BCUT2D eigenvalue weighted by atomic mass is 15.3. The molecular weight excluding hydrogens is 190 g/mol. The third kappa shape index (κ3) is 2.37. The third-order valence-corrected chi connectivity index (χ3v) is 2.31. The van der Waals surface area contributed by atoms with Crippen LogP contribution in [0.2, 0.25) is 0 Å². The molecule has 0 saturated heterocycles. The Kier molecular flexibility index (Phi) is 2.71. The van der Waals surface area contributed by atoms with Crippen LogP contribution in [0.15, 0.2) is 24.8 Å². The number of nitrogens with one attached hydrogen (secondary N) is 1. The van der Waals surface area contributed by atoms with Crippen molar-refractivity contribution in [1.82, 2.24) is 19.3 Å². The Balaban J connectivity index is 1.83. The molecule has 0 radical (unpaired) electrons. The zero-order valence-corrected chi connectivity index (χ0v) is 9.01. The van der Waals surface area contributed by atoms with Crippen molar-refractivity contribution in [1.29, 1.82) is 0 Å². The maximum absolute atomic E-state index is 4.17. The molecule has 0 aliphatic carbocycles.